The van der Waals surface area contributed by atoms with Crippen LogP contribution < -0.4 is 0 Å². The van der Waals surface area contributed by atoms with Gasteiger partial charge < -0.3 is 9.47 Å². The van der Waals surface area contributed by atoms with Crippen LogP contribution >= 0.6 is 0 Å². The first kappa shape index (κ1) is 19.6. The molecule has 29 heavy (non-hydrogen) atoms. The van der Waals surface area contributed by atoms with Crippen LogP contribution in [0.1, 0.15) is 98.3 Å². The summed E-state index contributed by atoms with van der Waals surface area (Å²) >= 11 is 0. The summed E-state index contributed by atoms with van der Waals surface area (Å²) in [6, 6.07) is 0. The van der Waals surface area contributed by atoms with Gasteiger partial charge >= 0.3 is 0 Å². The maximum atomic E-state index is 6.92. The maximum absolute atomic E-state index is 6.92. The van der Waals surface area contributed by atoms with Gasteiger partial charge in [-0.2, -0.15) is 0 Å². The van der Waals surface area contributed by atoms with Crippen molar-refractivity contribution in [2.45, 2.75) is 110 Å². The predicted octanol–water partition coefficient (Wildman–Crippen LogP) is 6.82. The van der Waals surface area contributed by atoms with Gasteiger partial charge in [-0.15, -0.1) is 0 Å². The van der Waals surface area contributed by atoms with E-state index in [-0.39, 0.29) is 5.79 Å². The van der Waals surface area contributed by atoms with Gasteiger partial charge in [-0.3, -0.25) is 0 Å². The first-order valence-electron chi connectivity index (χ1n) is 13.2. The molecule has 0 aromatic heterocycles. The monoisotopic (exact) mass is 400 g/mol. The van der Waals surface area contributed by atoms with Crippen LogP contribution in [0, 0.1) is 52.3 Å². The molecule has 11 unspecified atom stereocenters. The highest BCUT2D eigenvalue weighted by Crippen LogP contribution is 2.71. The standard InChI is InChI=1S/C27H44O2/c1-17-10-14-27(28-16-17)18(2)24-23(29-27)15-22-20-9-8-19-7-5-6-12-25(19,3)21(20)11-13-26(22,24)4/h17-24H,5-16H2,1-4H3. The number of ether oxygens (including phenoxy) is 2. The highest BCUT2D eigenvalue weighted by Gasteiger charge is 2.68. The molecule has 0 radical (unpaired) electrons. The molecule has 2 nitrogen and oxygen atoms in total. The van der Waals surface area contributed by atoms with E-state index in [4.69, 9.17) is 9.47 Å². The third kappa shape index (κ3) is 2.54. The highest BCUT2D eigenvalue weighted by molar-refractivity contribution is 5.15. The molecule has 0 bridgehead atoms. The largest absolute Gasteiger partial charge is 0.349 e. The lowest BCUT2D eigenvalue weighted by Crippen LogP contribution is -2.54. The molecular formula is C27H44O2. The lowest BCUT2D eigenvalue weighted by atomic mass is 9.44. The van der Waals surface area contributed by atoms with Crippen LogP contribution in [-0.4, -0.2) is 18.5 Å². The first-order chi connectivity index (χ1) is 13.9. The minimum absolute atomic E-state index is 0.250. The summed E-state index contributed by atoms with van der Waals surface area (Å²) in [6.45, 7) is 11.1. The second-order valence-corrected chi connectivity index (χ2v) is 12.9. The Morgan fingerprint density at radius 1 is 0.793 bits per heavy atom. The fraction of sp³-hybridized carbons (Fsp3) is 1.00. The van der Waals surface area contributed by atoms with Crippen molar-refractivity contribution >= 4 is 0 Å². The number of fused-ring (bicyclic) bond motifs is 7. The Morgan fingerprint density at radius 2 is 1.66 bits per heavy atom. The lowest BCUT2D eigenvalue weighted by Gasteiger charge is -2.61. The van der Waals surface area contributed by atoms with Crippen LogP contribution in [0.15, 0.2) is 0 Å². The van der Waals surface area contributed by atoms with Crippen molar-refractivity contribution in [2.24, 2.45) is 52.3 Å². The van der Waals surface area contributed by atoms with E-state index in [1.165, 1.54) is 64.2 Å². The van der Waals surface area contributed by atoms with Gasteiger partial charge in [-0.25, -0.2) is 0 Å². The number of hydrogen-bond donors (Lipinski definition) is 0. The molecule has 2 heteroatoms. The molecule has 6 rings (SSSR count). The fourth-order valence-corrected chi connectivity index (χ4v) is 10.3. The molecule has 0 aromatic rings. The molecule has 0 N–H and O–H groups in total. The molecule has 2 heterocycles. The van der Waals surface area contributed by atoms with Crippen molar-refractivity contribution in [3.63, 3.8) is 0 Å². The minimum Gasteiger partial charge on any atom is -0.349 e. The quantitative estimate of drug-likeness (QED) is 0.444. The van der Waals surface area contributed by atoms with Crippen molar-refractivity contribution in [3.8, 4) is 0 Å². The van der Waals surface area contributed by atoms with Crippen LogP contribution in [-0.2, 0) is 9.47 Å². The molecule has 6 fully saturated rings. The average molecular weight is 401 g/mol. The molecule has 0 amide bonds. The van der Waals surface area contributed by atoms with Gasteiger partial charge in [-0.05, 0) is 97.7 Å². The van der Waals surface area contributed by atoms with E-state index in [2.05, 4.69) is 27.7 Å². The van der Waals surface area contributed by atoms with Gasteiger partial charge in [0, 0.05) is 12.3 Å². The molecule has 2 aliphatic heterocycles. The lowest BCUT2D eigenvalue weighted by molar-refractivity contribution is -0.273. The van der Waals surface area contributed by atoms with Crippen LogP contribution in [0.25, 0.3) is 0 Å². The van der Waals surface area contributed by atoms with Gasteiger partial charge in [0.05, 0.1) is 12.7 Å². The van der Waals surface area contributed by atoms with Crippen LogP contribution in [0.2, 0.25) is 0 Å². The summed E-state index contributed by atoms with van der Waals surface area (Å²) in [6.07, 6.45) is 16.2. The molecule has 11 atom stereocenters. The van der Waals surface area contributed by atoms with E-state index in [1.807, 2.05) is 0 Å². The van der Waals surface area contributed by atoms with E-state index in [1.54, 1.807) is 0 Å². The zero-order valence-electron chi connectivity index (χ0n) is 19.4. The Balaban J connectivity index is 1.27. The highest BCUT2D eigenvalue weighted by atomic mass is 16.7. The average Bonchev–Trinajstić information content (AvgIpc) is 3.15. The van der Waals surface area contributed by atoms with Gasteiger partial charge in [-0.1, -0.05) is 40.5 Å². The van der Waals surface area contributed by atoms with E-state index < -0.39 is 0 Å². The smallest absolute Gasteiger partial charge is 0.171 e. The molecule has 1 spiro atoms. The molecule has 2 saturated heterocycles. The van der Waals surface area contributed by atoms with E-state index in [0.29, 0.717) is 28.8 Å². The molecule has 6 aliphatic rings. The molecule has 4 saturated carbocycles. The van der Waals surface area contributed by atoms with Crippen molar-refractivity contribution in [3.05, 3.63) is 0 Å². The summed E-state index contributed by atoms with van der Waals surface area (Å²) in [5.74, 6) is 5.62. The summed E-state index contributed by atoms with van der Waals surface area (Å²) in [4.78, 5) is 0. The first-order valence-corrected chi connectivity index (χ1v) is 13.2. The summed E-state index contributed by atoms with van der Waals surface area (Å²) in [5.41, 5.74) is 1.13. The van der Waals surface area contributed by atoms with Gasteiger partial charge in [0.2, 0.25) is 0 Å². The molecule has 4 aliphatic carbocycles. The SMILES string of the molecule is CC1CCC2(OC1)OC1CC3C4CCC5CCCCC5(C)C4CCC3(C)C1C2C. The van der Waals surface area contributed by atoms with Crippen LogP contribution in [0.5, 0.6) is 0 Å². The second kappa shape index (κ2) is 6.47. The number of rotatable bonds is 0. The zero-order valence-corrected chi connectivity index (χ0v) is 19.4. The van der Waals surface area contributed by atoms with Gasteiger partial charge in [0.15, 0.2) is 5.79 Å². The Morgan fingerprint density at radius 3 is 2.45 bits per heavy atom. The van der Waals surface area contributed by atoms with Crippen molar-refractivity contribution in [1.29, 1.82) is 0 Å². The number of hydrogen-bond acceptors (Lipinski definition) is 2. The fourth-order valence-electron chi connectivity index (χ4n) is 10.3. The summed E-state index contributed by atoms with van der Waals surface area (Å²) < 4.78 is 13.4. The van der Waals surface area contributed by atoms with Crippen molar-refractivity contribution in [1.82, 2.24) is 0 Å². The predicted molar refractivity (Wildman–Crippen MR) is 116 cm³/mol. The summed E-state index contributed by atoms with van der Waals surface area (Å²) in [7, 11) is 0. The minimum atomic E-state index is -0.250. The molecular weight excluding hydrogens is 356 g/mol. The van der Waals surface area contributed by atoms with Gasteiger partial charge in [0.1, 0.15) is 0 Å². The Labute approximate surface area is 178 Å². The second-order valence-electron chi connectivity index (χ2n) is 12.9. The van der Waals surface area contributed by atoms with Crippen molar-refractivity contribution in [2.75, 3.05) is 6.61 Å². The summed E-state index contributed by atoms with van der Waals surface area (Å²) in [5, 5.41) is 0. The Kier molecular flexibility index (Phi) is 4.37. The van der Waals surface area contributed by atoms with E-state index >= 15 is 0 Å². The third-order valence-corrected chi connectivity index (χ3v) is 11.9. The molecule has 164 valence electrons. The third-order valence-electron chi connectivity index (χ3n) is 11.9. The topological polar surface area (TPSA) is 18.5 Å². The van der Waals surface area contributed by atoms with E-state index in [0.717, 1.165) is 42.6 Å². The van der Waals surface area contributed by atoms with Crippen LogP contribution in [0.4, 0.5) is 0 Å². The zero-order chi connectivity index (χ0) is 20.0. The normalized spacial score (nSPS) is 61.7. The maximum Gasteiger partial charge on any atom is 0.171 e. The Hall–Kier alpha value is -0.0800. The van der Waals surface area contributed by atoms with Crippen LogP contribution in [0.3, 0.4) is 0 Å². The molecule has 0 aromatic carbocycles. The van der Waals surface area contributed by atoms with Crippen molar-refractivity contribution < 1.29 is 9.47 Å². The Bertz CT molecular complexity index is 651. The van der Waals surface area contributed by atoms with Gasteiger partial charge in [0.25, 0.3) is 0 Å². The van der Waals surface area contributed by atoms with E-state index in [9.17, 15) is 0 Å².